The molecule has 1 aromatic carbocycles. The van der Waals surface area contributed by atoms with E-state index in [1.165, 1.54) is 0 Å². The quantitative estimate of drug-likeness (QED) is 0.797. The molecule has 0 fully saturated rings. The predicted molar refractivity (Wildman–Crippen MR) is 81.1 cm³/mol. The predicted octanol–water partition coefficient (Wildman–Crippen LogP) is 3.63. The van der Waals surface area contributed by atoms with E-state index >= 15 is 0 Å². The Hall–Kier alpha value is -2.62. The minimum atomic E-state index is -0.203. The van der Waals surface area contributed by atoms with Crippen molar-refractivity contribution in [3.05, 3.63) is 65.7 Å². The van der Waals surface area contributed by atoms with Gasteiger partial charge in [-0.1, -0.05) is 18.2 Å². The van der Waals surface area contributed by atoms with Crippen LogP contribution in [0.15, 0.2) is 53.2 Å². The first-order chi connectivity index (χ1) is 10.1. The molecule has 0 spiro atoms. The number of para-hydroxylation sites is 1. The van der Waals surface area contributed by atoms with E-state index in [0.29, 0.717) is 5.56 Å². The van der Waals surface area contributed by atoms with Crippen LogP contribution in [0.25, 0.3) is 11.0 Å². The average molecular weight is 280 g/mol. The van der Waals surface area contributed by atoms with Crippen LogP contribution < -0.4 is 5.32 Å². The number of aryl methyl sites for hydroxylation is 1. The number of nitrogens with zero attached hydrogens (tertiary/aromatic N) is 1. The van der Waals surface area contributed by atoms with E-state index < -0.39 is 0 Å². The molecular weight excluding hydrogens is 264 g/mol. The van der Waals surface area contributed by atoms with Gasteiger partial charge in [0.2, 0.25) is 0 Å². The maximum Gasteiger partial charge on any atom is 0.253 e. The SMILES string of the molecule is Cc1cncc(C(=O)N[C@@H](C)c2cc3ccccc3o2)c1. The van der Waals surface area contributed by atoms with Crippen LogP contribution in [0.5, 0.6) is 0 Å². The number of carbonyl (C=O) groups excluding carboxylic acids is 1. The van der Waals surface area contributed by atoms with Gasteiger partial charge in [0, 0.05) is 17.8 Å². The van der Waals surface area contributed by atoms with Crippen molar-refractivity contribution in [3.8, 4) is 0 Å². The minimum Gasteiger partial charge on any atom is -0.459 e. The van der Waals surface area contributed by atoms with E-state index in [4.69, 9.17) is 4.42 Å². The third-order valence-electron chi connectivity index (χ3n) is 3.36. The zero-order chi connectivity index (χ0) is 14.8. The van der Waals surface area contributed by atoms with Crippen LogP contribution in [-0.4, -0.2) is 10.9 Å². The Morgan fingerprint density at radius 3 is 2.81 bits per heavy atom. The maximum atomic E-state index is 12.2. The molecule has 2 heterocycles. The number of carbonyl (C=O) groups is 1. The number of furan rings is 1. The highest BCUT2D eigenvalue weighted by Crippen LogP contribution is 2.23. The fourth-order valence-corrected chi connectivity index (χ4v) is 2.25. The molecule has 1 N–H and O–H groups in total. The summed E-state index contributed by atoms with van der Waals surface area (Å²) in [6.07, 6.45) is 3.28. The van der Waals surface area contributed by atoms with Gasteiger partial charge in [-0.3, -0.25) is 9.78 Å². The molecule has 4 heteroatoms. The summed E-state index contributed by atoms with van der Waals surface area (Å²) in [6, 6.07) is 11.4. The molecule has 0 aliphatic carbocycles. The molecule has 3 rings (SSSR count). The Morgan fingerprint density at radius 1 is 1.24 bits per heavy atom. The van der Waals surface area contributed by atoms with E-state index in [1.807, 2.05) is 50.2 Å². The minimum absolute atomic E-state index is 0.154. The topological polar surface area (TPSA) is 55.1 Å². The van der Waals surface area contributed by atoms with Gasteiger partial charge in [0.05, 0.1) is 11.6 Å². The largest absolute Gasteiger partial charge is 0.459 e. The molecule has 0 radical (unpaired) electrons. The lowest BCUT2D eigenvalue weighted by Gasteiger charge is -2.11. The second kappa shape index (κ2) is 5.40. The second-order valence-corrected chi connectivity index (χ2v) is 5.13. The molecule has 3 aromatic rings. The summed E-state index contributed by atoms with van der Waals surface area (Å²) in [5.74, 6) is 0.587. The number of benzene rings is 1. The van der Waals surface area contributed by atoms with Gasteiger partial charge >= 0.3 is 0 Å². The van der Waals surface area contributed by atoms with Crippen molar-refractivity contribution in [2.45, 2.75) is 19.9 Å². The highest BCUT2D eigenvalue weighted by Gasteiger charge is 2.15. The van der Waals surface area contributed by atoms with E-state index in [-0.39, 0.29) is 11.9 Å². The van der Waals surface area contributed by atoms with Crippen LogP contribution in [0.3, 0.4) is 0 Å². The number of nitrogens with one attached hydrogen (secondary N) is 1. The summed E-state index contributed by atoms with van der Waals surface area (Å²) in [4.78, 5) is 16.2. The molecule has 4 nitrogen and oxygen atoms in total. The van der Waals surface area contributed by atoms with E-state index in [9.17, 15) is 4.79 Å². The number of fused-ring (bicyclic) bond motifs is 1. The number of hydrogen-bond acceptors (Lipinski definition) is 3. The van der Waals surface area contributed by atoms with Gasteiger partial charge in [-0.25, -0.2) is 0 Å². The van der Waals surface area contributed by atoms with Crippen LogP contribution >= 0.6 is 0 Å². The van der Waals surface area contributed by atoms with Gasteiger partial charge in [0.15, 0.2) is 0 Å². The molecule has 0 unspecified atom stereocenters. The van der Waals surface area contributed by atoms with Crippen LogP contribution in [0.1, 0.15) is 34.6 Å². The van der Waals surface area contributed by atoms with Crippen LogP contribution in [-0.2, 0) is 0 Å². The Bertz CT molecular complexity index is 759. The molecule has 0 saturated heterocycles. The van der Waals surface area contributed by atoms with Crippen molar-refractivity contribution in [3.63, 3.8) is 0 Å². The lowest BCUT2D eigenvalue weighted by Crippen LogP contribution is -2.26. The Labute approximate surface area is 122 Å². The van der Waals surface area contributed by atoms with Crippen LogP contribution in [0, 0.1) is 6.92 Å². The molecule has 106 valence electrons. The molecule has 2 aromatic heterocycles. The lowest BCUT2D eigenvalue weighted by molar-refractivity contribution is 0.0935. The van der Waals surface area contributed by atoms with E-state index in [2.05, 4.69) is 10.3 Å². The van der Waals surface area contributed by atoms with Crippen molar-refractivity contribution in [1.82, 2.24) is 10.3 Å². The molecule has 21 heavy (non-hydrogen) atoms. The smallest absolute Gasteiger partial charge is 0.253 e. The van der Waals surface area contributed by atoms with Crippen molar-refractivity contribution >= 4 is 16.9 Å². The third kappa shape index (κ3) is 2.79. The highest BCUT2D eigenvalue weighted by atomic mass is 16.3. The van der Waals surface area contributed by atoms with Crippen molar-refractivity contribution in [1.29, 1.82) is 0 Å². The Balaban J connectivity index is 1.79. The molecule has 0 saturated carbocycles. The zero-order valence-corrected chi connectivity index (χ0v) is 12.0. The van der Waals surface area contributed by atoms with Gasteiger partial charge in [-0.2, -0.15) is 0 Å². The molecule has 0 aliphatic heterocycles. The normalized spacial score (nSPS) is 12.3. The molecule has 0 aliphatic rings. The molecule has 0 bridgehead atoms. The van der Waals surface area contributed by atoms with Crippen molar-refractivity contribution < 1.29 is 9.21 Å². The molecular formula is C17H16N2O2. The maximum absolute atomic E-state index is 12.2. The summed E-state index contributed by atoms with van der Waals surface area (Å²) >= 11 is 0. The summed E-state index contributed by atoms with van der Waals surface area (Å²) in [6.45, 7) is 3.81. The van der Waals surface area contributed by atoms with Crippen LogP contribution in [0.2, 0.25) is 0 Å². The van der Waals surface area contributed by atoms with Gasteiger partial charge < -0.3 is 9.73 Å². The monoisotopic (exact) mass is 280 g/mol. The second-order valence-electron chi connectivity index (χ2n) is 5.13. The number of aromatic nitrogens is 1. The summed E-state index contributed by atoms with van der Waals surface area (Å²) in [5.41, 5.74) is 2.34. The lowest BCUT2D eigenvalue weighted by atomic mass is 10.2. The van der Waals surface area contributed by atoms with Gasteiger partial charge in [0.1, 0.15) is 11.3 Å². The first-order valence-electron chi connectivity index (χ1n) is 6.84. The standard InChI is InChI=1S/C17H16N2O2/c1-11-7-14(10-18-9-11)17(20)19-12(2)16-8-13-5-3-4-6-15(13)21-16/h3-10,12H,1-2H3,(H,19,20)/t12-/m0/s1. The molecule has 1 atom stereocenters. The Morgan fingerprint density at radius 2 is 2.05 bits per heavy atom. The van der Waals surface area contributed by atoms with E-state index in [1.54, 1.807) is 12.4 Å². The Kier molecular flexibility index (Phi) is 3.44. The van der Waals surface area contributed by atoms with Crippen molar-refractivity contribution in [2.75, 3.05) is 0 Å². The number of hydrogen-bond donors (Lipinski definition) is 1. The first kappa shape index (κ1) is 13.4. The number of amides is 1. The number of pyridine rings is 1. The zero-order valence-electron chi connectivity index (χ0n) is 12.0. The fraction of sp³-hybridized carbons (Fsp3) is 0.176. The van der Waals surface area contributed by atoms with Crippen molar-refractivity contribution in [2.24, 2.45) is 0 Å². The average Bonchev–Trinajstić information content (AvgIpc) is 2.91. The summed E-state index contributed by atoms with van der Waals surface area (Å²) < 4.78 is 5.76. The first-order valence-corrected chi connectivity index (χ1v) is 6.84. The summed E-state index contributed by atoms with van der Waals surface area (Å²) in [5, 5.41) is 3.96. The summed E-state index contributed by atoms with van der Waals surface area (Å²) in [7, 11) is 0. The van der Waals surface area contributed by atoms with Gasteiger partial charge in [-0.15, -0.1) is 0 Å². The highest BCUT2D eigenvalue weighted by molar-refractivity contribution is 5.94. The fourth-order valence-electron chi connectivity index (χ4n) is 2.25. The third-order valence-corrected chi connectivity index (χ3v) is 3.36. The number of rotatable bonds is 3. The van der Waals surface area contributed by atoms with E-state index in [0.717, 1.165) is 22.3 Å². The van der Waals surface area contributed by atoms with Crippen LogP contribution in [0.4, 0.5) is 0 Å². The van der Waals surface area contributed by atoms with Gasteiger partial charge in [0.25, 0.3) is 5.91 Å². The molecule has 1 amide bonds. The van der Waals surface area contributed by atoms with Gasteiger partial charge in [-0.05, 0) is 37.6 Å².